The van der Waals surface area contributed by atoms with Crippen molar-refractivity contribution in [1.29, 1.82) is 0 Å². The molecule has 0 aromatic heterocycles. The van der Waals surface area contributed by atoms with Crippen molar-refractivity contribution >= 4 is 50.7 Å². The van der Waals surface area contributed by atoms with E-state index in [0.29, 0.717) is 33.5 Å². The van der Waals surface area contributed by atoms with Crippen LogP contribution < -0.4 is 14.4 Å². The van der Waals surface area contributed by atoms with Crippen molar-refractivity contribution < 1.29 is 22.7 Å². The molecule has 8 nitrogen and oxygen atoms in total. The van der Waals surface area contributed by atoms with Crippen molar-refractivity contribution in [2.75, 3.05) is 17.1 Å². The summed E-state index contributed by atoms with van der Waals surface area (Å²) in [6.45, 7) is 3.14. The number of nitrogens with zero attached hydrogens (tertiary/aromatic N) is 2. The van der Waals surface area contributed by atoms with E-state index in [9.17, 15) is 18.0 Å². The fraction of sp³-hybridized carbons (Fsp3) is 0.257. The van der Waals surface area contributed by atoms with Gasteiger partial charge in [0, 0.05) is 34.6 Å². The van der Waals surface area contributed by atoms with Gasteiger partial charge < -0.3 is 15.0 Å². The number of amides is 2. The number of sulfonamides is 1. The van der Waals surface area contributed by atoms with Gasteiger partial charge in [0.2, 0.25) is 21.8 Å². The van der Waals surface area contributed by atoms with Crippen molar-refractivity contribution in [2.24, 2.45) is 0 Å². The van der Waals surface area contributed by atoms with E-state index in [0.717, 1.165) is 16.1 Å². The molecule has 0 saturated carbocycles. The normalized spacial score (nSPS) is 12.5. The molecule has 0 spiro atoms. The molecule has 0 aliphatic heterocycles. The Morgan fingerprint density at radius 3 is 1.96 bits per heavy atom. The monoisotopic (exact) mass is 681 g/mol. The van der Waals surface area contributed by atoms with Gasteiger partial charge in [0.1, 0.15) is 24.1 Å². The van der Waals surface area contributed by atoms with Crippen LogP contribution in [0.2, 0.25) is 10.0 Å². The first-order chi connectivity index (χ1) is 22.0. The summed E-state index contributed by atoms with van der Waals surface area (Å²) in [5.41, 5.74) is 1.53. The van der Waals surface area contributed by atoms with Crippen LogP contribution in [0, 0.1) is 0 Å². The summed E-state index contributed by atoms with van der Waals surface area (Å²) >= 11 is 13.1. The number of rotatable bonds is 14. The first-order valence-electron chi connectivity index (χ1n) is 14.8. The Morgan fingerprint density at radius 2 is 1.39 bits per heavy atom. The number of carbonyl (C=O) groups excluding carboxylic acids is 2. The molecule has 0 saturated heterocycles. The molecule has 11 heteroatoms. The molecule has 4 aromatic rings. The number of nitrogens with one attached hydrogen (secondary N) is 1. The molecule has 0 radical (unpaired) electrons. The first kappa shape index (κ1) is 34.8. The van der Waals surface area contributed by atoms with Gasteiger partial charge in [0.05, 0.1) is 11.9 Å². The number of benzene rings is 4. The summed E-state index contributed by atoms with van der Waals surface area (Å²) in [7, 11) is -3.94. The van der Waals surface area contributed by atoms with Crippen molar-refractivity contribution in [3.8, 4) is 11.5 Å². The Balaban J connectivity index is 1.71. The van der Waals surface area contributed by atoms with E-state index in [-0.39, 0.29) is 30.6 Å². The first-order valence-corrected chi connectivity index (χ1v) is 17.4. The van der Waals surface area contributed by atoms with Crippen molar-refractivity contribution in [1.82, 2.24) is 10.2 Å². The van der Waals surface area contributed by atoms with Crippen LogP contribution in [-0.4, -0.2) is 50.0 Å². The van der Waals surface area contributed by atoms with Gasteiger partial charge in [-0.15, -0.1) is 0 Å². The predicted molar refractivity (Wildman–Crippen MR) is 184 cm³/mol. The highest BCUT2D eigenvalue weighted by Crippen LogP contribution is 2.29. The van der Waals surface area contributed by atoms with Crippen LogP contribution in [0.25, 0.3) is 0 Å². The number of halogens is 2. The van der Waals surface area contributed by atoms with Crippen LogP contribution in [0.3, 0.4) is 0 Å². The maximum atomic E-state index is 14.3. The Morgan fingerprint density at radius 1 is 0.826 bits per heavy atom. The van der Waals surface area contributed by atoms with E-state index in [1.54, 1.807) is 54.6 Å². The van der Waals surface area contributed by atoms with Crippen molar-refractivity contribution in [3.63, 3.8) is 0 Å². The average molecular weight is 683 g/mol. The SMILES string of the molecule is CCC(C)NC(=O)C(Cc1ccccc1)N(Cc1c(Cl)cccc1Cl)C(=O)CN(c1ccc(Oc2ccccc2)cc1)S(C)(=O)=O. The number of ether oxygens (including phenoxy) is 1. The van der Waals surface area contributed by atoms with Crippen LogP contribution >= 0.6 is 23.2 Å². The zero-order valence-electron chi connectivity index (χ0n) is 25.9. The molecule has 0 aliphatic rings. The van der Waals surface area contributed by atoms with Gasteiger partial charge in [-0.2, -0.15) is 0 Å². The molecule has 0 heterocycles. The molecule has 2 unspecified atom stereocenters. The van der Waals surface area contributed by atoms with E-state index < -0.39 is 28.5 Å². The summed E-state index contributed by atoms with van der Waals surface area (Å²) < 4.78 is 33.1. The minimum absolute atomic E-state index is 0.121. The lowest BCUT2D eigenvalue weighted by Gasteiger charge is -2.34. The number of carbonyl (C=O) groups is 2. The van der Waals surface area contributed by atoms with E-state index in [2.05, 4.69) is 5.32 Å². The van der Waals surface area contributed by atoms with Gasteiger partial charge in [-0.3, -0.25) is 13.9 Å². The molecule has 4 aromatic carbocycles. The van der Waals surface area contributed by atoms with Crippen LogP contribution in [0.1, 0.15) is 31.4 Å². The maximum Gasteiger partial charge on any atom is 0.244 e. The summed E-state index contributed by atoms with van der Waals surface area (Å²) in [6, 6.07) is 28.7. The third kappa shape index (κ3) is 9.48. The van der Waals surface area contributed by atoms with Crippen LogP contribution in [0.5, 0.6) is 11.5 Å². The molecule has 0 bridgehead atoms. The second kappa shape index (κ2) is 16.0. The molecular formula is C35H37Cl2N3O5S. The van der Waals surface area contributed by atoms with Crippen molar-refractivity contribution in [2.45, 2.75) is 45.3 Å². The van der Waals surface area contributed by atoms with Gasteiger partial charge >= 0.3 is 0 Å². The zero-order chi connectivity index (χ0) is 33.3. The second-order valence-electron chi connectivity index (χ2n) is 10.9. The minimum Gasteiger partial charge on any atom is -0.457 e. The second-order valence-corrected chi connectivity index (χ2v) is 13.6. The summed E-state index contributed by atoms with van der Waals surface area (Å²) in [6.07, 6.45) is 1.89. The molecule has 2 atom stereocenters. The Kier molecular flexibility index (Phi) is 12.1. The number of hydrogen-bond acceptors (Lipinski definition) is 5. The molecule has 1 N–H and O–H groups in total. The molecule has 0 aliphatic carbocycles. The van der Waals surface area contributed by atoms with Gasteiger partial charge in [0.15, 0.2) is 0 Å². The minimum atomic E-state index is -3.94. The summed E-state index contributed by atoms with van der Waals surface area (Å²) in [5, 5.41) is 3.64. The molecule has 2 amide bonds. The Labute approximate surface area is 280 Å². The lowest BCUT2D eigenvalue weighted by molar-refractivity contribution is -0.140. The summed E-state index contributed by atoms with van der Waals surface area (Å²) in [4.78, 5) is 29.5. The lowest BCUT2D eigenvalue weighted by atomic mass is 10.0. The standard InChI is InChI=1S/C35H37Cl2N3O5S/c1-4-25(2)38-35(42)33(22-26-12-7-5-8-13-26)39(23-30-31(36)16-11-17-32(30)37)34(41)24-40(46(3,43)44)27-18-20-29(21-19-27)45-28-14-9-6-10-15-28/h5-21,25,33H,4,22-24H2,1-3H3,(H,38,42). The summed E-state index contributed by atoms with van der Waals surface area (Å²) in [5.74, 6) is 0.142. The topological polar surface area (TPSA) is 96.0 Å². The van der Waals surface area contributed by atoms with E-state index in [4.69, 9.17) is 27.9 Å². The molecule has 46 heavy (non-hydrogen) atoms. The van der Waals surface area contributed by atoms with E-state index >= 15 is 0 Å². The Hall–Kier alpha value is -4.05. The van der Waals surface area contributed by atoms with Gasteiger partial charge in [-0.1, -0.05) is 84.7 Å². The molecule has 0 fully saturated rings. The predicted octanol–water partition coefficient (Wildman–Crippen LogP) is 7.11. The van der Waals surface area contributed by atoms with Gasteiger partial charge in [0.25, 0.3) is 0 Å². The van der Waals surface area contributed by atoms with Crippen LogP contribution in [0.15, 0.2) is 103 Å². The fourth-order valence-electron chi connectivity index (χ4n) is 4.77. The van der Waals surface area contributed by atoms with Crippen LogP contribution in [0.4, 0.5) is 5.69 Å². The average Bonchev–Trinajstić information content (AvgIpc) is 3.03. The lowest BCUT2D eigenvalue weighted by Crippen LogP contribution is -2.54. The highest BCUT2D eigenvalue weighted by Gasteiger charge is 2.34. The molecule has 4 rings (SSSR count). The molecular weight excluding hydrogens is 645 g/mol. The number of para-hydroxylation sites is 1. The highest BCUT2D eigenvalue weighted by atomic mass is 35.5. The molecule has 242 valence electrons. The number of anilines is 1. The van der Waals surface area contributed by atoms with E-state index in [1.807, 2.05) is 62.4 Å². The highest BCUT2D eigenvalue weighted by molar-refractivity contribution is 7.92. The third-order valence-corrected chi connectivity index (χ3v) is 9.29. The Bertz CT molecular complexity index is 1700. The number of hydrogen-bond donors (Lipinski definition) is 1. The van der Waals surface area contributed by atoms with Gasteiger partial charge in [-0.05, 0) is 67.4 Å². The maximum absolute atomic E-state index is 14.3. The third-order valence-electron chi connectivity index (χ3n) is 7.45. The fourth-order valence-corrected chi connectivity index (χ4v) is 6.13. The van der Waals surface area contributed by atoms with E-state index in [1.165, 1.54) is 4.90 Å². The smallest absolute Gasteiger partial charge is 0.244 e. The van der Waals surface area contributed by atoms with Crippen LogP contribution in [-0.2, 0) is 32.6 Å². The zero-order valence-corrected chi connectivity index (χ0v) is 28.2. The van der Waals surface area contributed by atoms with Crippen molar-refractivity contribution in [3.05, 3.63) is 124 Å². The largest absolute Gasteiger partial charge is 0.457 e. The van der Waals surface area contributed by atoms with Gasteiger partial charge in [-0.25, -0.2) is 8.42 Å². The quantitative estimate of drug-likeness (QED) is 0.153.